The van der Waals surface area contributed by atoms with Crippen molar-refractivity contribution in [2.45, 2.75) is 12.8 Å². The molecule has 82 valence electrons. The summed E-state index contributed by atoms with van der Waals surface area (Å²) >= 11 is 0. The van der Waals surface area contributed by atoms with Crippen LogP contribution in [0.15, 0.2) is 17.7 Å². The number of hydrogen-bond acceptors (Lipinski definition) is 2. The normalized spacial score (nSPS) is 10.8. The molecule has 14 heavy (non-hydrogen) atoms. The van der Waals surface area contributed by atoms with E-state index in [4.69, 9.17) is 0 Å². The number of carbonyl (C=O) groups is 1. The molecular weight excluding hydrogens is 282 g/mol. The summed E-state index contributed by atoms with van der Waals surface area (Å²) in [5, 5.41) is 0. The maximum absolute atomic E-state index is 10.7. The molecule has 0 radical (unpaired) electrons. The van der Waals surface area contributed by atoms with Gasteiger partial charge in [0.05, 0.1) is 7.11 Å². The van der Waals surface area contributed by atoms with Crippen LogP contribution in [0.4, 0.5) is 0 Å². The predicted octanol–water partition coefficient (Wildman–Crippen LogP) is 2.50. The van der Waals surface area contributed by atoms with Crippen molar-refractivity contribution < 1.29 is 31.2 Å². The van der Waals surface area contributed by atoms with Gasteiger partial charge in [0.25, 0.3) is 0 Å². The zero-order valence-corrected chi connectivity index (χ0v) is 11.6. The minimum absolute atomic E-state index is 0. The summed E-state index contributed by atoms with van der Waals surface area (Å²) in [7, 11) is 1.39. The third-order valence-electron chi connectivity index (χ3n) is 1.33. The molecule has 0 fully saturated rings. The molecule has 0 N–H and O–H groups in total. The molecule has 0 aromatic carbocycles. The quantitative estimate of drug-likeness (QED) is 0.444. The zero-order valence-electron chi connectivity index (χ0n) is 7.61. The molecule has 0 saturated heterocycles. The molecule has 0 heterocycles. The molecule has 0 saturated carbocycles. The van der Waals surface area contributed by atoms with Crippen LogP contribution in [0.3, 0.4) is 0 Å². The van der Waals surface area contributed by atoms with E-state index in [9.17, 15) is 4.79 Å². The van der Waals surface area contributed by atoms with E-state index in [1.807, 2.05) is 12.2 Å². The van der Waals surface area contributed by atoms with E-state index < -0.39 is 0 Å². The van der Waals surface area contributed by atoms with Gasteiger partial charge in [-0.3, -0.25) is 10.9 Å². The summed E-state index contributed by atoms with van der Waals surface area (Å²) in [5.41, 5.74) is 0.937. The summed E-state index contributed by atoms with van der Waals surface area (Å²) in [6.07, 6.45) is 8.08. The van der Waals surface area contributed by atoms with Gasteiger partial charge in [0.2, 0.25) is 0 Å². The van der Waals surface area contributed by atoms with E-state index in [2.05, 4.69) is 10.8 Å². The van der Waals surface area contributed by atoms with Gasteiger partial charge >= 0.3 is 5.97 Å². The zero-order chi connectivity index (χ0) is 7.40. The van der Waals surface area contributed by atoms with Crippen LogP contribution in [0.1, 0.15) is 12.8 Å². The van der Waals surface area contributed by atoms with Crippen molar-refractivity contribution in [1.29, 1.82) is 0 Å². The van der Waals surface area contributed by atoms with E-state index in [0.29, 0.717) is 6.42 Å². The number of methoxy groups -OCH3 is 1. The standard InChI is InChI=1S/C8H9O2.3ClH.Ti/c1-10-8(9)6-7-4-2-3-5-7;;;;/h2,4H,3,6H2,1H3;3*1H;/q-1;;;;. The van der Waals surface area contributed by atoms with Crippen LogP contribution in [0.2, 0.25) is 0 Å². The van der Waals surface area contributed by atoms with Crippen LogP contribution in [-0.2, 0) is 31.2 Å². The van der Waals surface area contributed by atoms with Crippen molar-refractivity contribution in [2.75, 3.05) is 7.11 Å². The molecular formula is C8H12Cl3O2Ti-. The SMILES string of the molecule is COC(=O)CC1=[C-]CC=C1.Cl.Cl.Cl.[Ti]. The first kappa shape index (κ1) is 24.0. The van der Waals surface area contributed by atoms with E-state index in [1.54, 1.807) is 0 Å². The number of rotatable bonds is 2. The van der Waals surface area contributed by atoms with E-state index in [0.717, 1.165) is 12.0 Å². The molecule has 2 nitrogen and oxygen atoms in total. The van der Waals surface area contributed by atoms with Gasteiger partial charge < -0.3 is 4.74 Å². The van der Waals surface area contributed by atoms with Crippen LogP contribution in [0.5, 0.6) is 0 Å². The number of esters is 1. The fourth-order valence-corrected chi connectivity index (χ4v) is 0.799. The summed E-state index contributed by atoms with van der Waals surface area (Å²) in [5.74, 6) is -0.200. The average Bonchev–Trinajstić information content (AvgIpc) is 2.40. The second-order valence-electron chi connectivity index (χ2n) is 2.06. The Bertz CT molecular complexity index is 205. The Labute approximate surface area is 118 Å². The van der Waals surface area contributed by atoms with Crippen LogP contribution in [-0.4, -0.2) is 13.1 Å². The molecule has 0 aliphatic heterocycles. The largest absolute Gasteiger partial charge is 0.469 e. The van der Waals surface area contributed by atoms with E-state index >= 15 is 0 Å². The number of hydrogen-bond donors (Lipinski definition) is 0. The molecule has 0 bridgehead atoms. The van der Waals surface area contributed by atoms with Gasteiger partial charge in [-0.05, 0) is 0 Å². The molecule has 0 amide bonds. The van der Waals surface area contributed by atoms with Crippen molar-refractivity contribution in [2.24, 2.45) is 0 Å². The molecule has 1 aliphatic rings. The second kappa shape index (κ2) is 13.5. The average molecular weight is 294 g/mol. The first-order valence-corrected chi connectivity index (χ1v) is 3.16. The van der Waals surface area contributed by atoms with Crippen molar-refractivity contribution >= 4 is 43.2 Å². The summed E-state index contributed by atoms with van der Waals surface area (Å²) < 4.78 is 4.48. The number of allylic oxidation sites excluding steroid dienone is 3. The monoisotopic (exact) mass is 293 g/mol. The first-order valence-electron chi connectivity index (χ1n) is 3.16. The van der Waals surface area contributed by atoms with Crippen molar-refractivity contribution in [3.63, 3.8) is 0 Å². The maximum Gasteiger partial charge on any atom is 0.306 e. The third-order valence-corrected chi connectivity index (χ3v) is 1.33. The summed E-state index contributed by atoms with van der Waals surface area (Å²) in [6.45, 7) is 0. The number of ether oxygens (including phenoxy) is 1. The topological polar surface area (TPSA) is 26.3 Å². The Kier molecular flexibility index (Phi) is 23.2. The van der Waals surface area contributed by atoms with Gasteiger partial charge in [-0.1, -0.05) is 0 Å². The third kappa shape index (κ3) is 9.10. The molecule has 0 aromatic rings. The van der Waals surface area contributed by atoms with E-state index in [-0.39, 0.29) is 64.9 Å². The van der Waals surface area contributed by atoms with Gasteiger partial charge in [-0.25, -0.2) is 11.6 Å². The minimum Gasteiger partial charge on any atom is -0.469 e. The molecule has 1 rings (SSSR count). The molecule has 0 aromatic heterocycles. The molecule has 0 unspecified atom stereocenters. The summed E-state index contributed by atoms with van der Waals surface area (Å²) in [4.78, 5) is 10.7. The van der Waals surface area contributed by atoms with Crippen molar-refractivity contribution in [3.05, 3.63) is 23.8 Å². The van der Waals surface area contributed by atoms with Crippen LogP contribution in [0.25, 0.3) is 0 Å². The van der Waals surface area contributed by atoms with Crippen LogP contribution in [0, 0.1) is 6.08 Å². The Morgan fingerprint density at radius 2 is 2.07 bits per heavy atom. The second-order valence-corrected chi connectivity index (χ2v) is 2.06. The fourth-order valence-electron chi connectivity index (χ4n) is 0.799. The predicted molar refractivity (Wildman–Crippen MR) is 58.9 cm³/mol. The van der Waals surface area contributed by atoms with E-state index in [1.165, 1.54) is 7.11 Å². The maximum atomic E-state index is 10.7. The molecule has 6 heteroatoms. The Hall–Kier alpha value is 0.534. The summed E-state index contributed by atoms with van der Waals surface area (Å²) in [6, 6.07) is 0. The smallest absolute Gasteiger partial charge is 0.306 e. The fraction of sp³-hybridized carbons (Fsp3) is 0.375. The van der Waals surface area contributed by atoms with Crippen molar-refractivity contribution in [1.82, 2.24) is 0 Å². The Balaban J connectivity index is -0.000000125. The molecule has 0 atom stereocenters. The number of halogens is 3. The van der Waals surface area contributed by atoms with Crippen molar-refractivity contribution in [3.8, 4) is 0 Å². The Morgan fingerprint density at radius 3 is 2.43 bits per heavy atom. The minimum atomic E-state index is -0.200. The first-order chi connectivity index (χ1) is 4.83. The molecule has 0 spiro atoms. The van der Waals surface area contributed by atoms with Gasteiger partial charge in [-0.15, -0.1) is 43.6 Å². The van der Waals surface area contributed by atoms with Crippen LogP contribution < -0.4 is 0 Å². The van der Waals surface area contributed by atoms with Crippen LogP contribution >= 0.6 is 37.2 Å². The molecule has 1 aliphatic carbocycles. The van der Waals surface area contributed by atoms with Gasteiger partial charge in [-0.2, -0.15) is 6.08 Å². The van der Waals surface area contributed by atoms with Gasteiger partial charge in [0.15, 0.2) is 0 Å². The Morgan fingerprint density at radius 1 is 1.50 bits per heavy atom. The number of carbonyl (C=O) groups excluding carboxylic acids is 1. The van der Waals surface area contributed by atoms with Gasteiger partial charge in [0.1, 0.15) is 0 Å². The van der Waals surface area contributed by atoms with Gasteiger partial charge in [0, 0.05) is 28.1 Å².